The van der Waals surface area contributed by atoms with Crippen LogP contribution in [0.4, 0.5) is 0 Å². The number of hydrogen-bond donors (Lipinski definition) is 0. The minimum atomic E-state index is -0.153. The number of halogens is 1. The highest BCUT2D eigenvalue weighted by molar-refractivity contribution is 9.12. The summed E-state index contributed by atoms with van der Waals surface area (Å²) in [5.74, 6) is -0.153. The van der Waals surface area contributed by atoms with E-state index in [1.807, 2.05) is 0 Å². The molecule has 1 rings (SSSR count). The molecule has 0 aromatic heterocycles. The predicted octanol–water partition coefficient (Wildman–Crippen LogP) is 0.584. The molecule has 0 atom stereocenters. The fraction of sp³-hybridized carbons (Fsp3) is 0.250. The molecule has 0 amide bonds. The van der Waals surface area contributed by atoms with Crippen molar-refractivity contribution in [2.24, 2.45) is 0 Å². The number of hydrogen-bond acceptors (Lipinski definition) is 2. The third-order valence-electron chi connectivity index (χ3n) is 0.823. The topological polar surface area (TPSA) is 37.1 Å². The maximum Gasteiger partial charge on any atom is 0.261 e. The lowest BCUT2D eigenvalue weighted by Gasteiger charge is -1.70. The second-order valence-electron chi connectivity index (χ2n) is 1.48. The van der Waals surface area contributed by atoms with Gasteiger partial charge in [0.1, 0.15) is 4.48 Å². The molecule has 8 heavy (non-hydrogen) atoms. The van der Waals surface area contributed by atoms with E-state index < -0.39 is 0 Å². The largest absolute Gasteiger partial charge is 0.286 e. The van der Waals surface area contributed by atoms with Crippen LogP contribution in [-0.4, -0.2) is 17.1 Å². The first-order valence-corrected chi connectivity index (χ1v) is 2.84. The molecular weight excluding hydrogens is 174 g/mol. The average Bonchev–Trinajstić information content (AvgIpc) is 1.85. The highest BCUT2D eigenvalue weighted by Gasteiger charge is 2.26. The zero-order chi connectivity index (χ0) is 6.15. The molecule has 0 N–H and O–H groups in total. The van der Waals surface area contributed by atoms with Gasteiger partial charge in [-0.1, -0.05) is 0 Å². The minimum Gasteiger partial charge on any atom is -0.286 e. The van der Waals surface area contributed by atoms with Gasteiger partial charge in [-0.3, -0.25) is 4.79 Å². The first kappa shape index (κ1) is 5.62. The van der Waals surface area contributed by atoms with E-state index in [0.29, 0.717) is 9.24 Å². The Labute approximate surface area is 54.1 Å². The third kappa shape index (κ3) is 0.838. The van der Waals surface area contributed by atoms with Crippen LogP contribution in [-0.2, 0) is 4.79 Å². The van der Waals surface area contributed by atoms with Crippen LogP contribution in [0.25, 0.3) is 0 Å². The third-order valence-corrected chi connectivity index (χ3v) is 1.47. The molecule has 0 saturated carbocycles. The van der Waals surface area contributed by atoms with Crippen molar-refractivity contribution in [2.45, 2.75) is 0 Å². The first-order valence-electron chi connectivity index (χ1n) is 2.04. The lowest BCUT2D eigenvalue weighted by molar-refractivity contribution is -0.460. The van der Waals surface area contributed by atoms with Gasteiger partial charge in [-0.2, -0.15) is 0 Å². The second-order valence-corrected chi connectivity index (χ2v) is 2.33. The summed E-state index contributed by atoms with van der Waals surface area (Å²) in [6.07, 6.45) is 1.22. The van der Waals surface area contributed by atoms with Crippen molar-refractivity contribution in [1.82, 2.24) is 0 Å². The van der Waals surface area contributed by atoms with E-state index in [1.165, 1.54) is 6.20 Å². The van der Waals surface area contributed by atoms with Gasteiger partial charge in [-0.15, -0.1) is 0 Å². The van der Waals surface area contributed by atoms with Crippen LogP contribution in [0.3, 0.4) is 0 Å². The monoisotopic (exact) mass is 176 g/mol. The van der Waals surface area contributed by atoms with E-state index in [0.717, 1.165) is 0 Å². The number of nitroso groups, excluding NO2 is 1. The van der Waals surface area contributed by atoms with Crippen LogP contribution >= 0.6 is 15.9 Å². The molecule has 0 radical (unpaired) electrons. The van der Waals surface area contributed by atoms with Crippen LogP contribution in [0.2, 0.25) is 0 Å². The van der Waals surface area contributed by atoms with Gasteiger partial charge in [0.05, 0.1) is 0 Å². The summed E-state index contributed by atoms with van der Waals surface area (Å²) in [4.78, 5) is 20.7. The molecule has 4 heteroatoms. The van der Waals surface area contributed by atoms with Crippen molar-refractivity contribution < 1.29 is 9.55 Å². The van der Waals surface area contributed by atoms with Crippen LogP contribution in [0.1, 0.15) is 0 Å². The molecule has 1 aliphatic rings. The van der Waals surface area contributed by atoms with Crippen LogP contribution in [0.5, 0.6) is 0 Å². The Morgan fingerprint density at radius 3 is 2.50 bits per heavy atom. The van der Waals surface area contributed by atoms with E-state index >= 15 is 0 Å². The van der Waals surface area contributed by atoms with Crippen molar-refractivity contribution >= 4 is 21.7 Å². The Morgan fingerprint density at radius 2 is 2.38 bits per heavy atom. The number of carbonyl (C=O) groups excluding carboxylic acids is 1. The Balaban J connectivity index is 2.88. The number of carbonyl (C=O) groups is 1. The van der Waals surface area contributed by atoms with Gasteiger partial charge in [0.25, 0.3) is 6.54 Å². The molecule has 0 aromatic carbocycles. The molecule has 0 fully saturated rings. The summed E-state index contributed by atoms with van der Waals surface area (Å²) in [6.45, 7) is -0.0411. The maximum atomic E-state index is 10.4. The molecular formula is C4H3BrNO2+. The summed E-state index contributed by atoms with van der Waals surface area (Å²) in [7, 11) is 0. The fourth-order valence-electron chi connectivity index (χ4n) is 0.461. The fourth-order valence-corrected chi connectivity index (χ4v) is 0.815. The number of Topliss-reactive ketones (excluding diaryl/α,β-unsaturated/α-hetero) is 1. The van der Waals surface area contributed by atoms with Gasteiger partial charge >= 0.3 is 0 Å². The molecule has 0 aromatic rings. The van der Waals surface area contributed by atoms with Crippen LogP contribution < -0.4 is 0 Å². The van der Waals surface area contributed by atoms with Crippen LogP contribution in [0, 0.1) is 4.91 Å². The quantitative estimate of drug-likeness (QED) is 0.507. The van der Waals surface area contributed by atoms with E-state index in [1.54, 1.807) is 0 Å². The molecule has 42 valence electrons. The predicted molar refractivity (Wildman–Crippen MR) is 30.5 cm³/mol. The summed E-state index contributed by atoms with van der Waals surface area (Å²) >= 11 is 2.91. The highest BCUT2D eigenvalue weighted by Crippen LogP contribution is 2.11. The van der Waals surface area contributed by atoms with Crippen LogP contribution in [0.15, 0.2) is 10.7 Å². The van der Waals surface area contributed by atoms with Gasteiger partial charge in [-0.25, -0.2) is 0 Å². The molecule has 1 heterocycles. The summed E-state index contributed by atoms with van der Waals surface area (Å²) in [5.41, 5.74) is 0. The Hall–Kier alpha value is -0.510. The normalized spacial score (nSPS) is 19.4. The number of rotatable bonds is 0. The lowest BCUT2D eigenvalue weighted by Crippen LogP contribution is -2.03. The van der Waals surface area contributed by atoms with Gasteiger partial charge in [0.2, 0.25) is 12.0 Å². The molecule has 0 spiro atoms. The molecule has 0 unspecified atom stereocenters. The second kappa shape index (κ2) is 1.78. The molecule has 0 bridgehead atoms. The standard InChI is InChI=1S/C4H3BrNO2/c5-3-1-6(8)2-4(3)7/h1H,2H2/q+1. The van der Waals surface area contributed by atoms with Crippen molar-refractivity contribution in [3.8, 4) is 0 Å². The number of ketones is 1. The lowest BCUT2D eigenvalue weighted by atomic mass is 10.4. The molecule has 3 nitrogen and oxygen atoms in total. The summed E-state index contributed by atoms with van der Waals surface area (Å²) < 4.78 is 0.958. The Kier molecular flexibility index (Phi) is 1.25. The Bertz CT molecular complexity index is 184. The van der Waals surface area contributed by atoms with E-state index in [2.05, 4.69) is 15.9 Å². The summed E-state index contributed by atoms with van der Waals surface area (Å²) in [6, 6.07) is 0. The zero-order valence-electron chi connectivity index (χ0n) is 3.93. The average molecular weight is 177 g/mol. The molecule has 1 aliphatic heterocycles. The van der Waals surface area contributed by atoms with Crippen molar-refractivity contribution in [2.75, 3.05) is 6.54 Å². The highest BCUT2D eigenvalue weighted by atomic mass is 79.9. The van der Waals surface area contributed by atoms with Gasteiger partial charge in [0.15, 0.2) is 0 Å². The minimum absolute atomic E-state index is 0.0411. The van der Waals surface area contributed by atoms with Gasteiger partial charge < -0.3 is 0 Å². The van der Waals surface area contributed by atoms with E-state index in [4.69, 9.17) is 0 Å². The SMILES string of the molecule is O=C1C[N+](=O)C=C1Br. The first-order chi connectivity index (χ1) is 3.70. The maximum absolute atomic E-state index is 10.4. The summed E-state index contributed by atoms with van der Waals surface area (Å²) in [5, 5.41) is 0. The Morgan fingerprint density at radius 1 is 1.75 bits per heavy atom. The van der Waals surface area contributed by atoms with Gasteiger partial charge in [-0.05, 0) is 15.9 Å². The zero-order valence-corrected chi connectivity index (χ0v) is 5.51. The smallest absolute Gasteiger partial charge is 0.261 e. The van der Waals surface area contributed by atoms with Gasteiger partial charge in [0, 0.05) is 9.67 Å². The van der Waals surface area contributed by atoms with Crippen molar-refractivity contribution in [3.63, 3.8) is 0 Å². The molecule has 0 aliphatic carbocycles. The van der Waals surface area contributed by atoms with Crippen molar-refractivity contribution in [1.29, 1.82) is 0 Å². The van der Waals surface area contributed by atoms with Crippen molar-refractivity contribution in [3.05, 3.63) is 15.6 Å². The number of nitrogens with zero attached hydrogens (tertiary/aromatic N) is 1. The molecule has 0 saturated heterocycles. The van der Waals surface area contributed by atoms with E-state index in [9.17, 15) is 9.70 Å². The van der Waals surface area contributed by atoms with E-state index in [-0.39, 0.29) is 12.3 Å².